The second-order valence-corrected chi connectivity index (χ2v) is 9.45. The van der Waals surface area contributed by atoms with Crippen molar-refractivity contribution in [1.29, 1.82) is 0 Å². The number of benzene rings is 1. The Hall–Kier alpha value is -0.610. The molecule has 0 aromatic heterocycles. The minimum atomic E-state index is 0.0102. The van der Waals surface area contributed by atoms with E-state index >= 15 is 0 Å². The van der Waals surface area contributed by atoms with E-state index in [1.54, 1.807) is 10.9 Å². The van der Waals surface area contributed by atoms with Crippen LogP contribution >= 0.6 is 7.92 Å². The van der Waals surface area contributed by atoms with E-state index in [4.69, 9.17) is 0 Å². The summed E-state index contributed by atoms with van der Waals surface area (Å²) in [6, 6.07) is 4.54. The highest BCUT2D eigenvalue weighted by Crippen LogP contribution is 2.57. The van der Waals surface area contributed by atoms with Crippen molar-refractivity contribution in [3.8, 4) is 0 Å². The molecule has 0 radical (unpaired) electrons. The minimum Gasteiger partial charge on any atom is -0.0741 e. The van der Waals surface area contributed by atoms with Gasteiger partial charge < -0.3 is 0 Å². The zero-order chi connectivity index (χ0) is 13.4. The molecule has 0 amide bonds. The Bertz CT molecular complexity index is 473. The Morgan fingerprint density at radius 1 is 0.944 bits per heavy atom. The maximum Gasteiger partial charge on any atom is -0.00122 e. The summed E-state index contributed by atoms with van der Waals surface area (Å²) in [6.45, 7) is 14.0. The fourth-order valence-electron chi connectivity index (χ4n) is 3.15. The number of rotatable bonds is 3. The molecule has 0 aliphatic heterocycles. The average Bonchev–Trinajstić information content (AvgIpc) is 2.68. The van der Waals surface area contributed by atoms with Gasteiger partial charge in [0.2, 0.25) is 0 Å². The van der Waals surface area contributed by atoms with Crippen LogP contribution < -0.4 is 0 Å². The second kappa shape index (κ2) is 5.17. The van der Waals surface area contributed by atoms with Crippen LogP contribution in [-0.4, -0.2) is 11.3 Å². The van der Waals surface area contributed by atoms with Gasteiger partial charge in [0.25, 0.3) is 0 Å². The van der Waals surface area contributed by atoms with E-state index in [1.807, 2.05) is 0 Å². The molecule has 0 fully saturated rings. The third kappa shape index (κ3) is 2.41. The Morgan fingerprint density at radius 2 is 1.50 bits per heavy atom. The molecule has 0 unspecified atom stereocenters. The molecule has 1 aliphatic carbocycles. The van der Waals surface area contributed by atoms with Crippen LogP contribution in [0.4, 0.5) is 0 Å². The fourth-order valence-corrected chi connectivity index (χ4v) is 6.29. The molecule has 2 rings (SSSR count). The summed E-state index contributed by atoms with van der Waals surface area (Å²) in [7, 11) is 0.0102. The molecule has 98 valence electrons. The highest BCUT2D eigenvalue weighted by molar-refractivity contribution is 7.63. The normalized spacial score (nSPS) is 14.6. The SMILES string of the molecule is Cc1ccc(C)c2c1C=C(P(C(C)C)C(C)C)C2. The summed E-state index contributed by atoms with van der Waals surface area (Å²) < 4.78 is 0. The fraction of sp³-hybridized carbons (Fsp3) is 0.529. The van der Waals surface area contributed by atoms with Gasteiger partial charge >= 0.3 is 0 Å². The number of fused-ring (bicyclic) bond motifs is 1. The van der Waals surface area contributed by atoms with Gasteiger partial charge in [0, 0.05) is 0 Å². The zero-order valence-corrected chi connectivity index (χ0v) is 13.4. The van der Waals surface area contributed by atoms with Crippen molar-refractivity contribution in [3.63, 3.8) is 0 Å². The summed E-state index contributed by atoms with van der Waals surface area (Å²) in [5, 5.41) is 1.71. The number of hydrogen-bond acceptors (Lipinski definition) is 0. The second-order valence-electron chi connectivity index (χ2n) is 6.00. The van der Waals surface area contributed by atoms with E-state index in [0.29, 0.717) is 0 Å². The Morgan fingerprint density at radius 3 is 2.00 bits per heavy atom. The van der Waals surface area contributed by atoms with Crippen molar-refractivity contribution in [2.24, 2.45) is 0 Å². The van der Waals surface area contributed by atoms with Crippen LogP contribution in [0.25, 0.3) is 6.08 Å². The van der Waals surface area contributed by atoms with Crippen LogP contribution in [0, 0.1) is 13.8 Å². The number of hydrogen-bond donors (Lipinski definition) is 0. The summed E-state index contributed by atoms with van der Waals surface area (Å²) in [6.07, 6.45) is 3.70. The predicted molar refractivity (Wildman–Crippen MR) is 84.8 cm³/mol. The zero-order valence-electron chi connectivity index (χ0n) is 12.5. The molecule has 1 aromatic rings. The van der Waals surface area contributed by atoms with E-state index in [2.05, 4.69) is 59.8 Å². The van der Waals surface area contributed by atoms with Gasteiger partial charge in [-0.2, -0.15) is 0 Å². The summed E-state index contributed by atoms with van der Waals surface area (Å²) in [5.41, 5.74) is 7.58. The molecule has 0 nitrogen and oxygen atoms in total. The molecular weight excluding hydrogens is 235 g/mol. The van der Waals surface area contributed by atoms with Crippen molar-refractivity contribution < 1.29 is 0 Å². The van der Waals surface area contributed by atoms with E-state index in [9.17, 15) is 0 Å². The lowest BCUT2D eigenvalue weighted by Crippen LogP contribution is -2.05. The van der Waals surface area contributed by atoms with Crippen LogP contribution in [-0.2, 0) is 6.42 Å². The first-order valence-electron chi connectivity index (χ1n) is 6.99. The molecular formula is C17H25P. The maximum absolute atomic E-state index is 2.50. The van der Waals surface area contributed by atoms with Crippen molar-refractivity contribution in [2.45, 2.75) is 59.3 Å². The smallest absolute Gasteiger partial charge is 0.00122 e. The lowest BCUT2D eigenvalue weighted by atomic mass is 10.00. The van der Waals surface area contributed by atoms with Gasteiger partial charge in [-0.05, 0) is 59.2 Å². The first kappa shape index (κ1) is 13.8. The van der Waals surface area contributed by atoms with Crippen LogP contribution in [0.1, 0.15) is 49.9 Å². The third-order valence-corrected chi connectivity index (χ3v) is 7.10. The van der Waals surface area contributed by atoms with Crippen LogP contribution in [0.15, 0.2) is 17.4 Å². The molecule has 0 bridgehead atoms. The number of allylic oxidation sites excluding steroid dienone is 1. The lowest BCUT2D eigenvalue weighted by molar-refractivity contribution is 1.01. The first-order chi connectivity index (χ1) is 8.41. The maximum atomic E-state index is 2.50. The van der Waals surface area contributed by atoms with Gasteiger partial charge in [-0.3, -0.25) is 0 Å². The molecule has 0 saturated carbocycles. The molecule has 0 N–H and O–H groups in total. The quantitative estimate of drug-likeness (QED) is 0.629. The van der Waals surface area contributed by atoms with Crippen LogP contribution in [0.2, 0.25) is 0 Å². The van der Waals surface area contributed by atoms with Crippen molar-refractivity contribution >= 4 is 14.0 Å². The summed E-state index contributed by atoms with van der Waals surface area (Å²) >= 11 is 0. The Balaban J connectivity index is 2.39. The minimum absolute atomic E-state index is 0.0102. The highest BCUT2D eigenvalue weighted by atomic mass is 31.1. The standard InChI is InChI=1S/C17H25P/c1-11(2)18(12(3)4)15-9-16-13(5)7-8-14(6)17(16)10-15/h7-9,11-12H,10H2,1-6H3. The largest absolute Gasteiger partial charge is 0.0741 e. The van der Waals surface area contributed by atoms with Gasteiger partial charge in [-0.25, -0.2) is 0 Å². The molecule has 1 heteroatoms. The van der Waals surface area contributed by atoms with Gasteiger partial charge in [-0.1, -0.05) is 53.8 Å². The van der Waals surface area contributed by atoms with Crippen molar-refractivity contribution in [2.75, 3.05) is 0 Å². The van der Waals surface area contributed by atoms with Crippen LogP contribution in [0.3, 0.4) is 0 Å². The number of aryl methyl sites for hydroxylation is 2. The monoisotopic (exact) mass is 260 g/mol. The molecule has 0 spiro atoms. The highest BCUT2D eigenvalue weighted by Gasteiger charge is 2.26. The van der Waals surface area contributed by atoms with Crippen LogP contribution in [0.5, 0.6) is 0 Å². The van der Waals surface area contributed by atoms with Crippen molar-refractivity contribution in [3.05, 3.63) is 39.7 Å². The van der Waals surface area contributed by atoms with Gasteiger partial charge in [0.1, 0.15) is 0 Å². The molecule has 1 aromatic carbocycles. The van der Waals surface area contributed by atoms with E-state index < -0.39 is 0 Å². The molecule has 0 heterocycles. The summed E-state index contributed by atoms with van der Waals surface area (Å²) in [4.78, 5) is 0. The van der Waals surface area contributed by atoms with E-state index in [-0.39, 0.29) is 7.92 Å². The Kier molecular flexibility index (Phi) is 3.97. The summed E-state index contributed by atoms with van der Waals surface area (Å²) in [5.74, 6) is 0. The van der Waals surface area contributed by atoms with Crippen molar-refractivity contribution in [1.82, 2.24) is 0 Å². The van der Waals surface area contributed by atoms with E-state index in [0.717, 1.165) is 11.3 Å². The molecule has 18 heavy (non-hydrogen) atoms. The third-order valence-electron chi connectivity index (χ3n) is 3.92. The van der Waals surface area contributed by atoms with Gasteiger partial charge in [-0.15, -0.1) is 0 Å². The molecule has 0 saturated heterocycles. The van der Waals surface area contributed by atoms with Gasteiger partial charge in [0.15, 0.2) is 0 Å². The van der Waals surface area contributed by atoms with E-state index in [1.165, 1.54) is 23.1 Å². The average molecular weight is 260 g/mol. The Labute approximate surface area is 113 Å². The lowest BCUT2D eigenvalue weighted by Gasteiger charge is -2.27. The molecule has 0 atom stereocenters. The first-order valence-corrected chi connectivity index (χ1v) is 8.47. The topological polar surface area (TPSA) is 0 Å². The van der Waals surface area contributed by atoms with Gasteiger partial charge in [0.05, 0.1) is 0 Å². The molecule has 1 aliphatic rings. The predicted octanol–water partition coefficient (Wildman–Crippen LogP) is 5.50.